The summed E-state index contributed by atoms with van der Waals surface area (Å²) in [6.45, 7) is 4.42. The number of nitrogens with one attached hydrogen (secondary N) is 1. The van der Waals surface area contributed by atoms with Crippen LogP contribution in [0.15, 0.2) is 48.5 Å². The molecule has 0 aromatic heterocycles. The topological polar surface area (TPSA) is 38.3 Å². The number of ether oxygens (including phenoxy) is 1. The lowest BCUT2D eigenvalue weighted by atomic mass is 9.96. The predicted molar refractivity (Wildman–Crippen MR) is 85.4 cm³/mol. The highest BCUT2D eigenvalue weighted by Crippen LogP contribution is 2.25. The lowest BCUT2D eigenvalue weighted by Crippen LogP contribution is -2.35. The van der Waals surface area contributed by atoms with E-state index in [1.54, 1.807) is 7.11 Å². The van der Waals surface area contributed by atoms with E-state index in [4.69, 9.17) is 4.74 Å². The molecule has 0 saturated carbocycles. The van der Waals surface area contributed by atoms with E-state index < -0.39 is 0 Å². The minimum absolute atomic E-state index is 0.0118. The molecule has 0 fully saturated rings. The fraction of sp³-hybridized carbons (Fsp3) is 0.278. The Kier molecular flexibility index (Phi) is 5.12. The van der Waals surface area contributed by atoms with Gasteiger partial charge in [-0.25, -0.2) is 0 Å². The minimum Gasteiger partial charge on any atom is -0.383 e. The first-order valence-corrected chi connectivity index (χ1v) is 7.08. The molecule has 0 heterocycles. The molecule has 1 unspecified atom stereocenters. The van der Waals surface area contributed by atoms with Gasteiger partial charge in [-0.05, 0) is 36.6 Å². The van der Waals surface area contributed by atoms with Crippen LogP contribution in [0.1, 0.15) is 22.8 Å². The fourth-order valence-corrected chi connectivity index (χ4v) is 2.41. The Morgan fingerprint density at radius 1 is 1.14 bits per heavy atom. The molecule has 0 spiro atoms. The minimum atomic E-state index is -0.0603. The van der Waals surface area contributed by atoms with Gasteiger partial charge in [0.25, 0.3) is 5.91 Å². The molecule has 1 amide bonds. The van der Waals surface area contributed by atoms with Crippen LogP contribution in [0.5, 0.6) is 0 Å². The summed E-state index contributed by atoms with van der Waals surface area (Å²) in [7, 11) is 1.63. The van der Waals surface area contributed by atoms with Crippen LogP contribution >= 0.6 is 0 Å². The highest BCUT2D eigenvalue weighted by Gasteiger charge is 2.14. The molecule has 0 radical (unpaired) electrons. The highest BCUT2D eigenvalue weighted by atomic mass is 16.5. The summed E-state index contributed by atoms with van der Waals surface area (Å²) in [6.07, 6.45) is 0. The Morgan fingerprint density at radius 3 is 2.52 bits per heavy atom. The number of hydrogen-bond acceptors (Lipinski definition) is 2. The maximum absolute atomic E-state index is 12.4. The average Bonchev–Trinajstić information content (AvgIpc) is 2.48. The molecule has 0 aliphatic rings. The van der Waals surface area contributed by atoms with Crippen LogP contribution in [0.25, 0.3) is 11.1 Å². The Balaban J connectivity index is 2.28. The lowest BCUT2D eigenvalue weighted by molar-refractivity contribution is 0.0905. The third-order valence-electron chi connectivity index (χ3n) is 3.46. The van der Waals surface area contributed by atoms with Gasteiger partial charge >= 0.3 is 0 Å². The maximum Gasteiger partial charge on any atom is 0.251 e. The first kappa shape index (κ1) is 15.3. The van der Waals surface area contributed by atoms with Crippen molar-refractivity contribution >= 4 is 5.91 Å². The quantitative estimate of drug-likeness (QED) is 0.913. The van der Waals surface area contributed by atoms with Gasteiger partial charge in [0.05, 0.1) is 6.61 Å². The van der Waals surface area contributed by atoms with Crippen molar-refractivity contribution in [1.82, 2.24) is 5.32 Å². The SMILES string of the molecule is COCC(C)NC(=O)c1cccc(-c2ccccc2)c1C. The largest absolute Gasteiger partial charge is 0.383 e. The van der Waals surface area contributed by atoms with Crippen molar-refractivity contribution in [3.05, 3.63) is 59.7 Å². The van der Waals surface area contributed by atoms with E-state index in [2.05, 4.69) is 17.4 Å². The van der Waals surface area contributed by atoms with Gasteiger partial charge in [0.15, 0.2) is 0 Å². The first-order chi connectivity index (χ1) is 10.1. The number of benzene rings is 2. The molecule has 21 heavy (non-hydrogen) atoms. The van der Waals surface area contributed by atoms with Crippen LogP contribution in [0.2, 0.25) is 0 Å². The normalized spacial score (nSPS) is 12.0. The van der Waals surface area contributed by atoms with E-state index in [-0.39, 0.29) is 11.9 Å². The maximum atomic E-state index is 12.4. The molecule has 1 N–H and O–H groups in total. The van der Waals surface area contributed by atoms with Crippen molar-refractivity contribution in [2.45, 2.75) is 19.9 Å². The molecule has 0 aliphatic heterocycles. The van der Waals surface area contributed by atoms with Crippen LogP contribution in [-0.2, 0) is 4.74 Å². The van der Waals surface area contributed by atoms with Gasteiger partial charge in [0.1, 0.15) is 0 Å². The molecule has 110 valence electrons. The third-order valence-corrected chi connectivity index (χ3v) is 3.46. The van der Waals surface area contributed by atoms with Crippen LogP contribution in [0.4, 0.5) is 0 Å². The standard InChI is InChI=1S/C18H21NO2/c1-13(12-21-3)19-18(20)17-11-7-10-16(14(17)2)15-8-5-4-6-9-15/h4-11,13H,12H2,1-3H3,(H,19,20). The summed E-state index contributed by atoms with van der Waals surface area (Å²) >= 11 is 0. The Labute approximate surface area is 126 Å². The Hall–Kier alpha value is -2.13. The number of methoxy groups -OCH3 is 1. The van der Waals surface area contributed by atoms with E-state index in [0.717, 1.165) is 16.7 Å². The van der Waals surface area contributed by atoms with Crippen molar-refractivity contribution in [2.24, 2.45) is 0 Å². The number of hydrogen-bond donors (Lipinski definition) is 1. The van der Waals surface area contributed by atoms with Gasteiger partial charge in [0.2, 0.25) is 0 Å². The van der Waals surface area contributed by atoms with E-state index in [0.29, 0.717) is 12.2 Å². The van der Waals surface area contributed by atoms with Gasteiger partial charge < -0.3 is 10.1 Å². The summed E-state index contributed by atoms with van der Waals surface area (Å²) in [5.74, 6) is -0.0603. The second-order valence-electron chi connectivity index (χ2n) is 5.17. The van der Waals surface area contributed by atoms with Gasteiger partial charge in [0, 0.05) is 18.7 Å². The van der Waals surface area contributed by atoms with Crippen molar-refractivity contribution in [1.29, 1.82) is 0 Å². The highest BCUT2D eigenvalue weighted by molar-refractivity contribution is 5.97. The third kappa shape index (κ3) is 3.70. The molecule has 2 aromatic rings. The lowest BCUT2D eigenvalue weighted by Gasteiger charge is -2.15. The number of rotatable bonds is 5. The number of amides is 1. The zero-order chi connectivity index (χ0) is 15.2. The van der Waals surface area contributed by atoms with Gasteiger partial charge in [-0.2, -0.15) is 0 Å². The van der Waals surface area contributed by atoms with Crippen molar-refractivity contribution in [3.8, 4) is 11.1 Å². The molecule has 3 nitrogen and oxygen atoms in total. The van der Waals surface area contributed by atoms with Crippen molar-refractivity contribution in [2.75, 3.05) is 13.7 Å². The smallest absolute Gasteiger partial charge is 0.251 e. The molecule has 3 heteroatoms. The van der Waals surface area contributed by atoms with Crippen LogP contribution in [-0.4, -0.2) is 25.7 Å². The average molecular weight is 283 g/mol. The van der Waals surface area contributed by atoms with E-state index in [9.17, 15) is 4.79 Å². The van der Waals surface area contributed by atoms with Crippen LogP contribution in [0.3, 0.4) is 0 Å². The van der Waals surface area contributed by atoms with Gasteiger partial charge in [-0.15, -0.1) is 0 Å². The number of carbonyl (C=O) groups is 1. The predicted octanol–water partition coefficient (Wildman–Crippen LogP) is 3.43. The van der Waals surface area contributed by atoms with Crippen molar-refractivity contribution in [3.63, 3.8) is 0 Å². The Bertz CT molecular complexity index is 608. The molecule has 1 atom stereocenters. The molecule has 2 rings (SSSR count). The molecule has 0 saturated heterocycles. The summed E-state index contributed by atoms with van der Waals surface area (Å²) < 4.78 is 5.05. The second-order valence-corrected chi connectivity index (χ2v) is 5.17. The molecular weight excluding hydrogens is 262 g/mol. The Morgan fingerprint density at radius 2 is 1.86 bits per heavy atom. The fourth-order valence-electron chi connectivity index (χ4n) is 2.41. The monoisotopic (exact) mass is 283 g/mol. The summed E-state index contributed by atoms with van der Waals surface area (Å²) in [6, 6.07) is 15.9. The van der Waals surface area contributed by atoms with Crippen molar-refractivity contribution < 1.29 is 9.53 Å². The molecule has 2 aromatic carbocycles. The summed E-state index contributed by atoms with van der Waals surface area (Å²) in [5, 5.41) is 2.95. The zero-order valence-corrected chi connectivity index (χ0v) is 12.7. The van der Waals surface area contributed by atoms with E-state index in [1.165, 1.54) is 0 Å². The molecule has 0 aliphatic carbocycles. The molecular formula is C18H21NO2. The summed E-state index contributed by atoms with van der Waals surface area (Å²) in [5.41, 5.74) is 3.90. The van der Waals surface area contributed by atoms with E-state index in [1.807, 2.05) is 50.2 Å². The second kappa shape index (κ2) is 7.04. The zero-order valence-electron chi connectivity index (χ0n) is 12.7. The van der Waals surface area contributed by atoms with E-state index >= 15 is 0 Å². The van der Waals surface area contributed by atoms with Gasteiger partial charge in [-0.3, -0.25) is 4.79 Å². The van der Waals surface area contributed by atoms with Gasteiger partial charge in [-0.1, -0.05) is 42.5 Å². The number of carbonyl (C=O) groups excluding carboxylic acids is 1. The molecule has 0 bridgehead atoms. The van der Waals surface area contributed by atoms with Crippen LogP contribution in [0, 0.1) is 6.92 Å². The van der Waals surface area contributed by atoms with Crippen LogP contribution < -0.4 is 5.32 Å². The summed E-state index contributed by atoms with van der Waals surface area (Å²) in [4.78, 5) is 12.4. The first-order valence-electron chi connectivity index (χ1n) is 7.08.